The minimum atomic E-state index is -1.57. The van der Waals surface area contributed by atoms with Crippen molar-refractivity contribution >= 4 is 5.91 Å². The standard InChI is InChI=1S/C35H63NO8/c1-3-5-7-9-11-12-13-14-15-16-17-19-21-23-25-31(39)36-28(29(38)24-22-20-18-10-8-6-4-2)27-43-35-34(42)33(41)32(40)30(26-37)44-35/h8,10,13-14,22,24,28-30,32-35,37-38,40-42H,3-7,9,11-12,15-21,23,25-27H2,1-2H3,(H,36,39)/b10-8+,14-13-,24-22+. The highest BCUT2D eigenvalue weighted by Gasteiger charge is 2.44. The number of rotatable bonds is 26. The van der Waals surface area contributed by atoms with Crippen LogP contribution in [0.25, 0.3) is 0 Å². The molecular weight excluding hydrogens is 562 g/mol. The van der Waals surface area contributed by atoms with Gasteiger partial charge in [0.1, 0.15) is 24.4 Å². The second kappa shape index (κ2) is 26.6. The number of allylic oxidation sites excluding steroid dienone is 5. The predicted molar refractivity (Wildman–Crippen MR) is 175 cm³/mol. The molecule has 6 N–H and O–H groups in total. The van der Waals surface area contributed by atoms with E-state index in [1.807, 2.05) is 6.08 Å². The Morgan fingerprint density at radius 1 is 0.750 bits per heavy atom. The lowest BCUT2D eigenvalue weighted by Crippen LogP contribution is -2.60. The molecule has 1 aliphatic rings. The van der Waals surface area contributed by atoms with Crippen LogP contribution < -0.4 is 5.32 Å². The molecule has 7 unspecified atom stereocenters. The van der Waals surface area contributed by atoms with Crippen molar-refractivity contribution in [3.8, 4) is 0 Å². The minimum Gasteiger partial charge on any atom is -0.394 e. The molecule has 1 heterocycles. The third-order valence-electron chi connectivity index (χ3n) is 7.92. The van der Waals surface area contributed by atoms with Crippen LogP contribution in [0.4, 0.5) is 0 Å². The Kier molecular flexibility index (Phi) is 24.5. The number of nitrogens with one attached hydrogen (secondary N) is 1. The van der Waals surface area contributed by atoms with Crippen LogP contribution >= 0.6 is 0 Å². The molecule has 0 saturated carbocycles. The number of amides is 1. The van der Waals surface area contributed by atoms with Crippen molar-refractivity contribution in [3.05, 3.63) is 36.5 Å². The van der Waals surface area contributed by atoms with Gasteiger partial charge in [-0.3, -0.25) is 4.79 Å². The molecular formula is C35H63NO8. The highest BCUT2D eigenvalue weighted by atomic mass is 16.7. The molecule has 9 nitrogen and oxygen atoms in total. The number of aliphatic hydroxyl groups is 5. The number of ether oxygens (including phenoxy) is 2. The van der Waals surface area contributed by atoms with E-state index in [9.17, 15) is 30.3 Å². The molecule has 0 aromatic heterocycles. The van der Waals surface area contributed by atoms with Crippen LogP contribution in [0.5, 0.6) is 0 Å². The summed E-state index contributed by atoms with van der Waals surface area (Å²) in [6.45, 7) is 3.58. The molecule has 0 aromatic rings. The van der Waals surface area contributed by atoms with Crippen molar-refractivity contribution in [3.63, 3.8) is 0 Å². The number of carbonyl (C=O) groups excluding carboxylic acids is 1. The quantitative estimate of drug-likeness (QED) is 0.0582. The molecule has 0 radical (unpaired) electrons. The Balaban J connectivity index is 2.47. The average molecular weight is 626 g/mol. The monoisotopic (exact) mass is 625 g/mol. The molecule has 1 fully saturated rings. The maximum atomic E-state index is 12.8. The fraction of sp³-hybridized carbons (Fsp3) is 0.800. The first kappa shape index (κ1) is 40.4. The van der Waals surface area contributed by atoms with Gasteiger partial charge in [0.25, 0.3) is 0 Å². The van der Waals surface area contributed by atoms with E-state index in [0.29, 0.717) is 6.42 Å². The fourth-order valence-corrected chi connectivity index (χ4v) is 5.05. The van der Waals surface area contributed by atoms with Crippen molar-refractivity contribution < 1.29 is 39.8 Å². The summed E-state index contributed by atoms with van der Waals surface area (Å²) in [5.41, 5.74) is 0. The van der Waals surface area contributed by atoms with Gasteiger partial charge in [-0.2, -0.15) is 0 Å². The summed E-state index contributed by atoms with van der Waals surface area (Å²) in [6, 6.07) is -0.819. The smallest absolute Gasteiger partial charge is 0.220 e. The number of unbranched alkanes of at least 4 members (excludes halogenated alkanes) is 12. The highest BCUT2D eigenvalue weighted by molar-refractivity contribution is 5.76. The molecule has 0 bridgehead atoms. The summed E-state index contributed by atoms with van der Waals surface area (Å²) < 4.78 is 11.1. The first-order valence-corrected chi connectivity index (χ1v) is 17.2. The van der Waals surface area contributed by atoms with E-state index in [2.05, 4.69) is 43.5 Å². The van der Waals surface area contributed by atoms with E-state index in [-0.39, 0.29) is 12.5 Å². The maximum Gasteiger partial charge on any atom is 0.220 e. The Hall–Kier alpha value is -1.59. The van der Waals surface area contributed by atoms with E-state index >= 15 is 0 Å². The molecule has 1 amide bonds. The molecule has 0 spiro atoms. The van der Waals surface area contributed by atoms with Crippen molar-refractivity contribution in [1.82, 2.24) is 5.32 Å². The lowest BCUT2D eigenvalue weighted by Gasteiger charge is -2.40. The number of hydrogen-bond donors (Lipinski definition) is 6. The largest absolute Gasteiger partial charge is 0.394 e. The van der Waals surface area contributed by atoms with Gasteiger partial charge in [0, 0.05) is 6.42 Å². The molecule has 0 aliphatic carbocycles. The van der Waals surface area contributed by atoms with Gasteiger partial charge < -0.3 is 40.3 Å². The molecule has 0 aromatic carbocycles. The van der Waals surface area contributed by atoms with Gasteiger partial charge in [-0.05, 0) is 51.4 Å². The predicted octanol–water partition coefficient (Wildman–Crippen LogP) is 4.99. The zero-order valence-electron chi connectivity index (χ0n) is 27.4. The van der Waals surface area contributed by atoms with Crippen molar-refractivity contribution in [2.24, 2.45) is 0 Å². The summed E-state index contributed by atoms with van der Waals surface area (Å²) in [5.74, 6) is -0.204. The number of carbonyl (C=O) groups is 1. The van der Waals surface area contributed by atoms with Crippen LogP contribution in [0.3, 0.4) is 0 Å². The van der Waals surface area contributed by atoms with Crippen LogP contribution in [0.15, 0.2) is 36.5 Å². The van der Waals surface area contributed by atoms with E-state index in [1.54, 1.807) is 6.08 Å². The molecule has 256 valence electrons. The van der Waals surface area contributed by atoms with Crippen LogP contribution in [0.1, 0.15) is 123 Å². The summed E-state index contributed by atoms with van der Waals surface area (Å²) in [7, 11) is 0. The third-order valence-corrected chi connectivity index (χ3v) is 7.92. The third kappa shape index (κ3) is 18.4. The van der Waals surface area contributed by atoms with Gasteiger partial charge in [-0.25, -0.2) is 0 Å². The van der Waals surface area contributed by atoms with Gasteiger partial charge in [0.2, 0.25) is 5.91 Å². The second-order valence-electron chi connectivity index (χ2n) is 11.9. The number of hydrogen-bond acceptors (Lipinski definition) is 8. The SMILES string of the molecule is CCC/C=C/CC/C=C/C(O)C(COC1OC(CO)C(O)C(O)C1O)NC(=O)CCCCCCC/C=C\CCCCCCC. The average Bonchev–Trinajstić information content (AvgIpc) is 3.02. The van der Waals surface area contributed by atoms with E-state index in [1.165, 1.54) is 38.5 Å². The van der Waals surface area contributed by atoms with Gasteiger partial charge in [-0.15, -0.1) is 0 Å². The zero-order chi connectivity index (χ0) is 32.4. The molecule has 1 aliphatic heterocycles. The van der Waals surface area contributed by atoms with E-state index in [4.69, 9.17) is 9.47 Å². The first-order chi connectivity index (χ1) is 21.3. The molecule has 9 heteroatoms. The Morgan fingerprint density at radius 2 is 1.34 bits per heavy atom. The topological polar surface area (TPSA) is 149 Å². The molecule has 1 rings (SSSR count). The van der Waals surface area contributed by atoms with Crippen LogP contribution in [0, 0.1) is 0 Å². The lowest BCUT2D eigenvalue weighted by atomic mass is 9.99. The Labute approximate surface area is 266 Å². The van der Waals surface area contributed by atoms with Crippen molar-refractivity contribution in [1.29, 1.82) is 0 Å². The fourth-order valence-electron chi connectivity index (χ4n) is 5.05. The summed E-state index contributed by atoms with van der Waals surface area (Å²) in [5, 5.41) is 53.5. The van der Waals surface area contributed by atoms with Gasteiger partial charge in [0.05, 0.1) is 25.4 Å². The maximum absolute atomic E-state index is 12.8. The van der Waals surface area contributed by atoms with Crippen molar-refractivity contribution in [2.75, 3.05) is 13.2 Å². The summed E-state index contributed by atoms with van der Waals surface area (Å²) in [6.07, 6.45) is 22.1. The lowest BCUT2D eigenvalue weighted by molar-refractivity contribution is -0.302. The van der Waals surface area contributed by atoms with Crippen LogP contribution in [-0.4, -0.2) is 87.5 Å². The first-order valence-electron chi connectivity index (χ1n) is 17.2. The summed E-state index contributed by atoms with van der Waals surface area (Å²) >= 11 is 0. The van der Waals surface area contributed by atoms with Gasteiger partial charge in [-0.1, -0.05) is 102 Å². The zero-order valence-corrected chi connectivity index (χ0v) is 27.4. The van der Waals surface area contributed by atoms with Crippen LogP contribution in [0.2, 0.25) is 0 Å². The van der Waals surface area contributed by atoms with E-state index < -0.39 is 49.5 Å². The van der Waals surface area contributed by atoms with E-state index in [0.717, 1.165) is 64.2 Å². The number of aliphatic hydroxyl groups excluding tert-OH is 5. The summed E-state index contributed by atoms with van der Waals surface area (Å²) in [4.78, 5) is 12.8. The Morgan fingerprint density at radius 3 is 2.00 bits per heavy atom. The highest BCUT2D eigenvalue weighted by Crippen LogP contribution is 2.22. The molecule has 1 saturated heterocycles. The van der Waals surface area contributed by atoms with Crippen molar-refractivity contribution in [2.45, 2.75) is 166 Å². The molecule has 7 atom stereocenters. The minimum absolute atomic E-state index is 0.204. The van der Waals surface area contributed by atoms with Gasteiger partial charge >= 0.3 is 0 Å². The second-order valence-corrected chi connectivity index (χ2v) is 11.9. The van der Waals surface area contributed by atoms with Crippen LogP contribution in [-0.2, 0) is 14.3 Å². The normalized spacial score (nSPS) is 24.0. The molecule has 44 heavy (non-hydrogen) atoms. The Bertz CT molecular complexity index is 787. The van der Waals surface area contributed by atoms with Gasteiger partial charge in [0.15, 0.2) is 6.29 Å².